The zero-order valence-corrected chi connectivity index (χ0v) is 11.1. The summed E-state index contributed by atoms with van der Waals surface area (Å²) in [5.41, 5.74) is 1.25. The van der Waals surface area contributed by atoms with E-state index < -0.39 is 0 Å². The Balaban J connectivity index is 1.87. The summed E-state index contributed by atoms with van der Waals surface area (Å²) in [5.74, 6) is 0.659. The van der Waals surface area contributed by atoms with Gasteiger partial charge in [-0.1, -0.05) is 12.8 Å². The highest BCUT2D eigenvalue weighted by atomic mass is 16.2. The Morgan fingerprint density at radius 2 is 2.00 bits per heavy atom. The topological polar surface area (TPSA) is 33.2 Å². The maximum atomic E-state index is 12.3. The predicted octanol–water partition coefficient (Wildman–Crippen LogP) is 2.66. The largest absolute Gasteiger partial charge is 0.342 e. The molecule has 1 aromatic rings. The highest BCUT2D eigenvalue weighted by molar-refractivity contribution is 5.79. The van der Waals surface area contributed by atoms with Crippen LogP contribution in [-0.4, -0.2) is 28.9 Å². The Labute approximate surface area is 109 Å². The zero-order valence-electron chi connectivity index (χ0n) is 11.1. The van der Waals surface area contributed by atoms with E-state index in [0.29, 0.717) is 11.8 Å². The molecule has 1 aliphatic carbocycles. The minimum absolute atomic E-state index is 0.294. The van der Waals surface area contributed by atoms with Crippen molar-refractivity contribution in [2.24, 2.45) is 5.92 Å². The average Bonchev–Trinajstić information content (AvgIpc) is 2.94. The van der Waals surface area contributed by atoms with Gasteiger partial charge in [0.25, 0.3) is 0 Å². The molecule has 0 atom stereocenters. The first kappa shape index (κ1) is 13.1. The first-order valence-electron chi connectivity index (χ1n) is 6.99. The molecule has 0 aliphatic heterocycles. The Bertz CT molecular complexity index is 371. The fourth-order valence-corrected chi connectivity index (χ4v) is 2.67. The van der Waals surface area contributed by atoms with Crippen LogP contribution in [0.4, 0.5) is 0 Å². The molecule has 1 fully saturated rings. The molecule has 0 radical (unpaired) electrons. The average molecular weight is 246 g/mol. The van der Waals surface area contributed by atoms with Crippen molar-refractivity contribution in [3.8, 4) is 0 Å². The van der Waals surface area contributed by atoms with Crippen LogP contribution < -0.4 is 0 Å². The second-order valence-electron chi connectivity index (χ2n) is 5.00. The van der Waals surface area contributed by atoms with Gasteiger partial charge in [0.1, 0.15) is 0 Å². The molecule has 0 N–H and O–H groups in total. The number of hydrogen-bond donors (Lipinski definition) is 0. The molecule has 3 nitrogen and oxygen atoms in total. The third-order valence-electron chi connectivity index (χ3n) is 3.82. The maximum Gasteiger partial charge on any atom is 0.225 e. The van der Waals surface area contributed by atoms with Gasteiger partial charge < -0.3 is 4.90 Å². The molecule has 1 saturated carbocycles. The van der Waals surface area contributed by atoms with Gasteiger partial charge in [-0.25, -0.2) is 0 Å². The van der Waals surface area contributed by atoms with Crippen molar-refractivity contribution in [1.82, 2.24) is 9.88 Å². The summed E-state index contributed by atoms with van der Waals surface area (Å²) in [6, 6.07) is 4.04. The monoisotopic (exact) mass is 246 g/mol. The predicted molar refractivity (Wildman–Crippen MR) is 72.2 cm³/mol. The molecule has 2 rings (SSSR count). The molecule has 0 aromatic carbocycles. The third kappa shape index (κ3) is 3.31. The minimum Gasteiger partial charge on any atom is -0.342 e. The molecule has 1 aliphatic rings. The van der Waals surface area contributed by atoms with Gasteiger partial charge in [-0.15, -0.1) is 0 Å². The lowest BCUT2D eigenvalue weighted by Crippen LogP contribution is -2.36. The van der Waals surface area contributed by atoms with Crippen molar-refractivity contribution in [1.29, 1.82) is 0 Å². The maximum absolute atomic E-state index is 12.3. The van der Waals surface area contributed by atoms with Gasteiger partial charge >= 0.3 is 0 Å². The number of nitrogens with zero attached hydrogens (tertiary/aromatic N) is 2. The van der Waals surface area contributed by atoms with Gasteiger partial charge in [0.15, 0.2) is 0 Å². The Morgan fingerprint density at radius 1 is 1.33 bits per heavy atom. The van der Waals surface area contributed by atoms with Crippen molar-refractivity contribution < 1.29 is 4.79 Å². The lowest BCUT2D eigenvalue weighted by atomic mass is 10.1. The van der Waals surface area contributed by atoms with E-state index in [4.69, 9.17) is 0 Å². The van der Waals surface area contributed by atoms with Crippen molar-refractivity contribution in [2.75, 3.05) is 13.1 Å². The number of rotatable bonds is 5. The molecule has 98 valence electrons. The number of hydrogen-bond acceptors (Lipinski definition) is 2. The molecule has 0 bridgehead atoms. The molecule has 1 aromatic heterocycles. The van der Waals surface area contributed by atoms with Gasteiger partial charge in [-0.2, -0.15) is 0 Å². The van der Waals surface area contributed by atoms with Gasteiger partial charge in [-0.3, -0.25) is 9.78 Å². The van der Waals surface area contributed by atoms with Crippen LogP contribution in [0.15, 0.2) is 24.5 Å². The number of carbonyl (C=O) groups is 1. The van der Waals surface area contributed by atoms with E-state index in [1.165, 1.54) is 18.4 Å². The van der Waals surface area contributed by atoms with Crippen LogP contribution in [0, 0.1) is 5.92 Å². The van der Waals surface area contributed by atoms with E-state index in [-0.39, 0.29) is 0 Å². The van der Waals surface area contributed by atoms with Crippen molar-refractivity contribution >= 4 is 5.91 Å². The highest BCUT2D eigenvalue weighted by Crippen LogP contribution is 2.26. The fourth-order valence-electron chi connectivity index (χ4n) is 2.67. The molecule has 0 unspecified atom stereocenters. The van der Waals surface area contributed by atoms with Crippen molar-refractivity contribution in [3.63, 3.8) is 0 Å². The molecule has 1 amide bonds. The SMILES string of the molecule is CCN(CCc1ccncc1)C(=O)C1CCCC1. The van der Waals surface area contributed by atoms with Gasteiger partial charge in [0, 0.05) is 31.4 Å². The first-order valence-corrected chi connectivity index (χ1v) is 6.99. The lowest BCUT2D eigenvalue weighted by molar-refractivity contribution is -0.135. The smallest absolute Gasteiger partial charge is 0.225 e. The fraction of sp³-hybridized carbons (Fsp3) is 0.600. The van der Waals surface area contributed by atoms with Gasteiger partial charge in [0.05, 0.1) is 0 Å². The second-order valence-corrected chi connectivity index (χ2v) is 5.00. The van der Waals surface area contributed by atoms with E-state index in [9.17, 15) is 4.79 Å². The summed E-state index contributed by atoms with van der Waals surface area (Å²) in [6.07, 6.45) is 9.16. The van der Waals surface area contributed by atoms with E-state index in [1.807, 2.05) is 29.4 Å². The number of aromatic nitrogens is 1. The van der Waals surface area contributed by atoms with E-state index in [0.717, 1.165) is 32.4 Å². The van der Waals surface area contributed by atoms with Crippen LogP contribution in [0.3, 0.4) is 0 Å². The molecule has 3 heteroatoms. The molecule has 0 spiro atoms. The summed E-state index contributed by atoms with van der Waals surface area (Å²) in [4.78, 5) is 18.3. The second kappa shape index (κ2) is 6.53. The molecular weight excluding hydrogens is 224 g/mol. The van der Waals surface area contributed by atoms with Crippen LogP contribution >= 0.6 is 0 Å². The van der Waals surface area contributed by atoms with Gasteiger partial charge in [-0.05, 0) is 43.9 Å². The Hall–Kier alpha value is -1.38. The quantitative estimate of drug-likeness (QED) is 0.800. The van der Waals surface area contributed by atoms with Crippen LogP contribution in [-0.2, 0) is 11.2 Å². The summed E-state index contributed by atoms with van der Waals surface area (Å²) in [7, 11) is 0. The number of pyridine rings is 1. The summed E-state index contributed by atoms with van der Waals surface area (Å²) in [6.45, 7) is 3.72. The Morgan fingerprint density at radius 3 is 2.61 bits per heavy atom. The number of amides is 1. The van der Waals surface area contributed by atoms with Crippen molar-refractivity contribution in [3.05, 3.63) is 30.1 Å². The third-order valence-corrected chi connectivity index (χ3v) is 3.82. The molecule has 18 heavy (non-hydrogen) atoms. The first-order chi connectivity index (χ1) is 8.81. The van der Waals surface area contributed by atoms with Gasteiger partial charge in [0.2, 0.25) is 5.91 Å². The standard InChI is InChI=1S/C15H22N2O/c1-2-17(15(18)14-5-3-4-6-14)12-9-13-7-10-16-11-8-13/h7-8,10-11,14H,2-6,9,12H2,1H3. The van der Waals surface area contributed by atoms with E-state index in [2.05, 4.69) is 11.9 Å². The van der Waals surface area contributed by atoms with Crippen LogP contribution in [0.2, 0.25) is 0 Å². The van der Waals surface area contributed by atoms with Crippen LogP contribution in [0.1, 0.15) is 38.2 Å². The number of likely N-dealkylation sites (N-methyl/N-ethyl adjacent to an activating group) is 1. The summed E-state index contributed by atoms with van der Waals surface area (Å²) >= 11 is 0. The van der Waals surface area contributed by atoms with Crippen molar-refractivity contribution in [2.45, 2.75) is 39.0 Å². The van der Waals surface area contributed by atoms with E-state index in [1.54, 1.807) is 0 Å². The van der Waals surface area contributed by atoms with Crippen LogP contribution in [0.25, 0.3) is 0 Å². The molecule has 0 saturated heterocycles. The zero-order chi connectivity index (χ0) is 12.8. The van der Waals surface area contributed by atoms with E-state index >= 15 is 0 Å². The number of carbonyl (C=O) groups excluding carboxylic acids is 1. The lowest BCUT2D eigenvalue weighted by Gasteiger charge is -2.24. The Kier molecular flexibility index (Phi) is 4.73. The summed E-state index contributed by atoms with van der Waals surface area (Å²) in [5, 5.41) is 0. The highest BCUT2D eigenvalue weighted by Gasteiger charge is 2.26. The normalized spacial score (nSPS) is 15.8. The minimum atomic E-state index is 0.294. The molecule has 1 heterocycles. The van der Waals surface area contributed by atoms with Crippen LogP contribution in [0.5, 0.6) is 0 Å². The summed E-state index contributed by atoms with van der Waals surface area (Å²) < 4.78 is 0. The molecular formula is C15H22N2O.